The summed E-state index contributed by atoms with van der Waals surface area (Å²) in [5.41, 5.74) is 3.62. The molecule has 116 valence electrons. The summed E-state index contributed by atoms with van der Waals surface area (Å²) in [7, 11) is 0. The van der Waals surface area contributed by atoms with Gasteiger partial charge in [-0.2, -0.15) is 0 Å². The molecule has 0 bridgehead atoms. The predicted molar refractivity (Wildman–Crippen MR) is 67.2 cm³/mol. The van der Waals surface area contributed by atoms with Crippen LogP contribution in [-0.2, 0) is 9.53 Å². The SMILES string of the molecule is Cc1cn([C@H]2O[C@@H]([C@H](O)C(N)=O)[C@@H](O)[C@H]2O)c(=O)[nH]c1=O. The van der Waals surface area contributed by atoms with Crippen LogP contribution in [0.2, 0.25) is 0 Å². The first-order valence-corrected chi connectivity index (χ1v) is 6.05. The van der Waals surface area contributed by atoms with E-state index in [2.05, 4.69) is 0 Å². The molecule has 1 saturated heterocycles. The van der Waals surface area contributed by atoms with E-state index in [9.17, 15) is 29.7 Å². The zero-order chi connectivity index (χ0) is 15.9. The van der Waals surface area contributed by atoms with E-state index in [-0.39, 0.29) is 5.56 Å². The molecular formula is C11H15N3O7. The number of nitrogens with two attached hydrogens (primary N) is 1. The van der Waals surface area contributed by atoms with Crippen LogP contribution in [0.4, 0.5) is 0 Å². The van der Waals surface area contributed by atoms with Crippen LogP contribution >= 0.6 is 0 Å². The molecule has 0 saturated carbocycles. The highest BCUT2D eigenvalue weighted by Gasteiger charge is 2.48. The lowest BCUT2D eigenvalue weighted by Crippen LogP contribution is -2.45. The van der Waals surface area contributed by atoms with E-state index in [4.69, 9.17) is 10.5 Å². The fraction of sp³-hybridized carbons (Fsp3) is 0.545. The molecular weight excluding hydrogens is 286 g/mol. The summed E-state index contributed by atoms with van der Waals surface area (Å²) in [4.78, 5) is 36.0. The van der Waals surface area contributed by atoms with Crippen molar-refractivity contribution in [3.63, 3.8) is 0 Å². The highest BCUT2D eigenvalue weighted by atomic mass is 16.6. The zero-order valence-corrected chi connectivity index (χ0v) is 11.0. The van der Waals surface area contributed by atoms with Crippen molar-refractivity contribution in [3.8, 4) is 0 Å². The van der Waals surface area contributed by atoms with E-state index in [1.54, 1.807) is 0 Å². The lowest BCUT2D eigenvalue weighted by molar-refractivity contribution is -0.140. The Morgan fingerprint density at radius 2 is 2.05 bits per heavy atom. The van der Waals surface area contributed by atoms with Crippen LogP contribution in [0.25, 0.3) is 0 Å². The number of ether oxygens (including phenoxy) is 1. The molecule has 21 heavy (non-hydrogen) atoms. The van der Waals surface area contributed by atoms with Crippen molar-refractivity contribution >= 4 is 5.91 Å². The second-order valence-corrected chi connectivity index (χ2v) is 4.80. The number of aliphatic hydroxyl groups is 3. The third-order valence-corrected chi connectivity index (χ3v) is 3.30. The van der Waals surface area contributed by atoms with Crippen LogP contribution in [0.3, 0.4) is 0 Å². The number of aromatic nitrogens is 2. The Kier molecular flexibility index (Phi) is 3.96. The van der Waals surface area contributed by atoms with Gasteiger partial charge in [0, 0.05) is 11.8 Å². The number of aromatic amines is 1. The number of nitrogens with one attached hydrogen (secondary N) is 1. The maximum absolute atomic E-state index is 11.7. The molecule has 5 atom stereocenters. The minimum absolute atomic E-state index is 0.179. The van der Waals surface area contributed by atoms with E-state index in [0.29, 0.717) is 0 Å². The summed E-state index contributed by atoms with van der Waals surface area (Å²) in [5, 5.41) is 29.2. The number of hydrogen-bond donors (Lipinski definition) is 5. The smallest absolute Gasteiger partial charge is 0.330 e. The first-order valence-electron chi connectivity index (χ1n) is 6.05. The van der Waals surface area contributed by atoms with E-state index in [1.807, 2.05) is 4.98 Å². The molecule has 0 aliphatic carbocycles. The molecule has 1 aliphatic rings. The van der Waals surface area contributed by atoms with Gasteiger partial charge in [0.25, 0.3) is 5.56 Å². The van der Waals surface area contributed by atoms with Crippen LogP contribution in [-0.4, -0.2) is 55.2 Å². The Balaban J connectivity index is 2.38. The van der Waals surface area contributed by atoms with Crippen molar-refractivity contribution < 1.29 is 24.9 Å². The topological polar surface area (TPSA) is 168 Å². The molecule has 10 heteroatoms. The number of rotatable bonds is 3. The summed E-state index contributed by atoms with van der Waals surface area (Å²) in [6.07, 6.45) is -6.78. The number of hydrogen-bond acceptors (Lipinski definition) is 7. The molecule has 0 spiro atoms. The summed E-state index contributed by atoms with van der Waals surface area (Å²) < 4.78 is 6.02. The number of primary amides is 1. The van der Waals surface area contributed by atoms with Gasteiger partial charge in [0.2, 0.25) is 5.91 Å². The highest BCUT2D eigenvalue weighted by molar-refractivity contribution is 5.79. The van der Waals surface area contributed by atoms with Crippen molar-refractivity contribution in [2.45, 2.75) is 37.6 Å². The van der Waals surface area contributed by atoms with Gasteiger partial charge < -0.3 is 25.8 Å². The van der Waals surface area contributed by atoms with Crippen molar-refractivity contribution in [2.75, 3.05) is 0 Å². The van der Waals surface area contributed by atoms with Crippen molar-refractivity contribution in [3.05, 3.63) is 32.6 Å². The van der Waals surface area contributed by atoms with Crippen molar-refractivity contribution in [1.82, 2.24) is 9.55 Å². The number of amides is 1. The van der Waals surface area contributed by atoms with Gasteiger partial charge in [-0.1, -0.05) is 0 Å². The standard InChI is InChI=1S/C11H15N3O7/c1-3-2-14(11(20)13-9(3)19)10-5(16)4(15)7(21-10)6(17)8(12)18/h2,4-7,10,15-17H,1H3,(H2,12,18)(H,13,19,20)/t4-,5+,6-,7+,10-/m0/s1. The molecule has 1 amide bonds. The maximum atomic E-state index is 11.7. The molecule has 1 aromatic rings. The van der Waals surface area contributed by atoms with E-state index in [1.165, 1.54) is 6.92 Å². The summed E-state index contributed by atoms with van der Waals surface area (Å²) in [6, 6.07) is 0. The first-order chi connectivity index (χ1) is 9.73. The van der Waals surface area contributed by atoms with Gasteiger partial charge in [0.1, 0.15) is 18.3 Å². The number of carbonyl (C=O) groups excluding carboxylic acids is 1. The molecule has 10 nitrogen and oxygen atoms in total. The maximum Gasteiger partial charge on any atom is 0.330 e. The molecule has 1 aromatic heterocycles. The van der Waals surface area contributed by atoms with Gasteiger partial charge >= 0.3 is 5.69 Å². The Hall–Kier alpha value is -2.01. The Labute approximate surface area is 117 Å². The van der Waals surface area contributed by atoms with Crippen LogP contribution in [0, 0.1) is 6.92 Å². The van der Waals surface area contributed by atoms with Crippen LogP contribution in [0.15, 0.2) is 15.8 Å². The van der Waals surface area contributed by atoms with Crippen LogP contribution < -0.4 is 17.0 Å². The highest BCUT2D eigenvalue weighted by Crippen LogP contribution is 2.30. The summed E-state index contributed by atoms with van der Waals surface area (Å²) >= 11 is 0. The first kappa shape index (κ1) is 15.4. The number of nitrogens with zero attached hydrogens (tertiary/aromatic N) is 1. The lowest BCUT2D eigenvalue weighted by atomic mass is 10.1. The second kappa shape index (κ2) is 5.41. The summed E-state index contributed by atoms with van der Waals surface area (Å²) in [5.74, 6) is -1.14. The molecule has 0 radical (unpaired) electrons. The molecule has 0 aromatic carbocycles. The fourth-order valence-electron chi connectivity index (χ4n) is 2.11. The van der Waals surface area contributed by atoms with Gasteiger partial charge in [-0.25, -0.2) is 4.79 Å². The third-order valence-electron chi connectivity index (χ3n) is 3.30. The number of aliphatic hydroxyl groups excluding tert-OH is 3. The Bertz CT molecular complexity index is 667. The quantitative estimate of drug-likeness (QED) is 0.383. The largest absolute Gasteiger partial charge is 0.387 e. The zero-order valence-electron chi connectivity index (χ0n) is 11.0. The van der Waals surface area contributed by atoms with Gasteiger partial charge in [0.15, 0.2) is 12.3 Å². The van der Waals surface area contributed by atoms with Gasteiger partial charge in [-0.15, -0.1) is 0 Å². The second-order valence-electron chi connectivity index (χ2n) is 4.80. The summed E-state index contributed by atoms with van der Waals surface area (Å²) in [6.45, 7) is 1.43. The van der Waals surface area contributed by atoms with Gasteiger partial charge in [0.05, 0.1) is 0 Å². The van der Waals surface area contributed by atoms with Crippen LogP contribution in [0.5, 0.6) is 0 Å². The minimum Gasteiger partial charge on any atom is -0.387 e. The molecule has 1 aliphatic heterocycles. The van der Waals surface area contributed by atoms with Crippen LogP contribution in [0.1, 0.15) is 11.8 Å². The fourth-order valence-corrected chi connectivity index (χ4v) is 2.11. The Morgan fingerprint density at radius 1 is 1.43 bits per heavy atom. The molecule has 6 N–H and O–H groups in total. The molecule has 1 fully saturated rings. The monoisotopic (exact) mass is 301 g/mol. The third kappa shape index (κ3) is 2.61. The van der Waals surface area contributed by atoms with Crippen molar-refractivity contribution in [2.24, 2.45) is 5.73 Å². The molecule has 2 heterocycles. The lowest BCUT2D eigenvalue weighted by Gasteiger charge is -2.18. The Morgan fingerprint density at radius 3 is 2.62 bits per heavy atom. The van der Waals surface area contributed by atoms with Crippen molar-refractivity contribution in [1.29, 1.82) is 0 Å². The van der Waals surface area contributed by atoms with E-state index in [0.717, 1.165) is 10.8 Å². The minimum atomic E-state index is -1.85. The average molecular weight is 301 g/mol. The number of aryl methyl sites for hydroxylation is 1. The van der Waals surface area contributed by atoms with Gasteiger partial charge in [-0.3, -0.25) is 19.1 Å². The number of H-pyrrole nitrogens is 1. The molecule has 2 rings (SSSR count). The van der Waals surface area contributed by atoms with Gasteiger partial charge in [-0.05, 0) is 6.92 Å². The molecule has 0 unspecified atom stereocenters. The number of carbonyl (C=O) groups is 1. The average Bonchev–Trinajstić information content (AvgIpc) is 2.70. The predicted octanol–water partition coefficient (Wildman–Crippen LogP) is -3.69. The normalized spacial score (nSPS) is 30.3. The van der Waals surface area contributed by atoms with E-state index >= 15 is 0 Å². The van der Waals surface area contributed by atoms with E-state index < -0.39 is 47.8 Å².